The van der Waals surface area contributed by atoms with Crippen LogP contribution in [0.2, 0.25) is 0 Å². The molecule has 0 radical (unpaired) electrons. The van der Waals surface area contributed by atoms with E-state index >= 15 is 0 Å². The maximum atomic E-state index is 5.67. The average Bonchev–Trinajstić information content (AvgIpc) is 3.00. The number of hydrogen-bond donors (Lipinski definition) is 0. The topological polar surface area (TPSA) is 36.3 Å². The Labute approximate surface area is 156 Å². The molecular formula is C20H23BrN2O2. The first kappa shape index (κ1) is 17.8. The minimum absolute atomic E-state index is 0.840. The number of rotatable bonds is 7. The van der Waals surface area contributed by atoms with Gasteiger partial charge in [0.15, 0.2) is 0 Å². The van der Waals surface area contributed by atoms with Crippen molar-refractivity contribution in [1.82, 2.24) is 9.78 Å². The number of hydrogen-bond acceptors (Lipinski definition) is 3. The first-order chi connectivity index (χ1) is 12.2. The molecule has 0 bridgehead atoms. The molecule has 0 aliphatic rings. The van der Waals surface area contributed by atoms with Crippen molar-refractivity contribution >= 4 is 26.8 Å². The number of unbranched alkanes of at least 4 members (excludes halogenated alkanes) is 1. The Hall–Kier alpha value is -2.01. The lowest BCUT2D eigenvalue weighted by molar-refractivity contribution is 0.415. The molecule has 0 saturated carbocycles. The predicted molar refractivity (Wildman–Crippen MR) is 106 cm³/mol. The molecule has 0 unspecified atom stereocenters. The van der Waals surface area contributed by atoms with Crippen molar-refractivity contribution in [3.05, 3.63) is 42.0 Å². The van der Waals surface area contributed by atoms with Crippen LogP contribution in [0.4, 0.5) is 0 Å². The number of benzene rings is 2. The maximum absolute atomic E-state index is 5.67. The van der Waals surface area contributed by atoms with Crippen LogP contribution in [-0.2, 0) is 6.54 Å². The lowest BCUT2D eigenvalue weighted by Gasteiger charge is -2.07. The molecule has 0 N–H and O–H groups in total. The molecule has 0 saturated heterocycles. The van der Waals surface area contributed by atoms with Crippen molar-refractivity contribution in [2.75, 3.05) is 19.5 Å². The van der Waals surface area contributed by atoms with E-state index in [0.717, 1.165) is 58.4 Å². The highest BCUT2D eigenvalue weighted by atomic mass is 79.9. The Bertz CT molecular complexity index is 856. The van der Waals surface area contributed by atoms with E-state index in [0.29, 0.717) is 0 Å². The number of methoxy groups -OCH3 is 2. The lowest BCUT2D eigenvalue weighted by Crippen LogP contribution is -2.00. The summed E-state index contributed by atoms with van der Waals surface area (Å²) in [4.78, 5) is 0. The quantitative estimate of drug-likeness (QED) is 0.402. The third-order valence-corrected chi connectivity index (χ3v) is 4.86. The summed E-state index contributed by atoms with van der Waals surface area (Å²) in [6, 6.07) is 12.3. The fraction of sp³-hybridized carbons (Fsp3) is 0.350. The molecule has 2 aromatic carbocycles. The summed E-state index contributed by atoms with van der Waals surface area (Å²) >= 11 is 3.50. The van der Waals surface area contributed by atoms with Crippen LogP contribution in [0.1, 0.15) is 18.4 Å². The largest absolute Gasteiger partial charge is 0.497 e. The fourth-order valence-corrected chi connectivity index (χ4v) is 3.44. The van der Waals surface area contributed by atoms with Gasteiger partial charge in [-0.2, -0.15) is 5.10 Å². The second kappa shape index (κ2) is 7.91. The summed E-state index contributed by atoms with van der Waals surface area (Å²) in [5, 5.41) is 7.00. The van der Waals surface area contributed by atoms with Gasteiger partial charge in [-0.05, 0) is 61.7 Å². The molecule has 0 fully saturated rings. The second-order valence-electron chi connectivity index (χ2n) is 6.06. The van der Waals surface area contributed by atoms with Crippen molar-refractivity contribution in [1.29, 1.82) is 0 Å². The Morgan fingerprint density at radius 1 is 1.04 bits per heavy atom. The van der Waals surface area contributed by atoms with Gasteiger partial charge >= 0.3 is 0 Å². The molecule has 3 aromatic rings. The van der Waals surface area contributed by atoms with Crippen molar-refractivity contribution in [2.24, 2.45) is 0 Å². The molecular weight excluding hydrogens is 380 g/mol. The summed E-state index contributed by atoms with van der Waals surface area (Å²) in [5.74, 6) is 1.71. The minimum Gasteiger partial charge on any atom is -0.497 e. The highest BCUT2D eigenvalue weighted by molar-refractivity contribution is 9.09. The standard InChI is InChI=1S/C20H23BrN2O2/c1-14-12-17-19(18(13-14)25-3)20(22-23(17)11-5-4-10-21)15-6-8-16(24-2)9-7-15/h6-9,12-13H,4-5,10-11H2,1-3H3. The Balaban J connectivity index is 2.15. The second-order valence-corrected chi connectivity index (χ2v) is 6.85. The third-order valence-electron chi connectivity index (χ3n) is 4.30. The van der Waals surface area contributed by atoms with Crippen LogP contribution >= 0.6 is 15.9 Å². The molecule has 25 heavy (non-hydrogen) atoms. The number of halogens is 1. The summed E-state index contributed by atoms with van der Waals surface area (Å²) in [6.07, 6.45) is 2.21. The highest BCUT2D eigenvalue weighted by Crippen LogP contribution is 2.36. The van der Waals surface area contributed by atoms with Gasteiger partial charge in [0.25, 0.3) is 0 Å². The molecule has 3 rings (SSSR count). The van der Waals surface area contributed by atoms with E-state index < -0.39 is 0 Å². The van der Waals surface area contributed by atoms with Gasteiger partial charge in [0.1, 0.15) is 17.2 Å². The lowest BCUT2D eigenvalue weighted by atomic mass is 10.1. The normalized spacial score (nSPS) is 11.0. The molecule has 0 aliphatic carbocycles. The van der Waals surface area contributed by atoms with Crippen LogP contribution < -0.4 is 9.47 Å². The zero-order valence-electron chi connectivity index (χ0n) is 14.9. The average molecular weight is 403 g/mol. The first-order valence-electron chi connectivity index (χ1n) is 8.43. The Kier molecular flexibility index (Phi) is 5.63. The molecule has 132 valence electrons. The SMILES string of the molecule is COc1ccc(-c2nn(CCCCBr)c3cc(C)cc(OC)c23)cc1. The van der Waals surface area contributed by atoms with Crippen molar-refractivity contribution < 1.29 is 9.47 Å². The fourth-order valence-electron chi connectivity index (χ4n) is 3.04. The molecule has 0 aliphatic heterocycles. The molecule has 0 atom stereocenters. The van der Waals surface area contributed by atoms with E-state index in [4.69, 9.17) is 14.6 Å². The number of alkyl halides is 1. The number of ether oxygens (including phenoxy) is 2. The van der Waals surface area contributed by atoms with Gasteiger partial charge in [0.2, 0.25) is 0 Å². The van der Waals surface area contributed by atoms with Gasteiger partial charge in [-0.15, -0.1) is 0 Å². The van der Waals surface area contributed by atoms with Gasteiger partial charge in [-0.1, -0.05) is 15.9 Å². The van der Waals surface area contributed by atoms with E-state index in [1.807, 2.05) is 24.3 Å². The zero-order chi connectivity index (χ0) is 17.8. The number of aryl methyl sites for hydroxylation is 2. The van der Waals surface area contributed by atoms with Crippen LogP contribution in [0.25, 0.3) is 22.2 Å². The highest BCUT2D eigenvalue weighted by Gasteiger charge is 2.17. The Morgan fingerprint density at radius 2 is 1.80 bits per heavy atom. The summed E-state index contributed by atoms with van der Waals surface area (Å²) in [7, 11) is 3.39. The van der Waals surface area contributed by atoms with Crippen molar-refractivity contribution in [3.63, 3.8) is 0 Å². The Morgan fingerprint density at radius 3 is 2.44 bits per heavy atom. The number of nitrogens with zero attached hydrogens (tertiary/aromatic N) is 2. The van der Waals surface area contributed by atoms with Crippen molar-refractivity contribution in [2.45, 2.75) is 26.3 Å². The molecule has 1 aromatic heterocycles. The van der Waals surface area contributed by atoms with E-state index in [2.05, 4.69) is 39.7 Å². The molecule has 4 nitrogen and oxygen atoms in total. The van der Waals surface area contributed by atoms with Crippen LogP contribution in [0.3, 0.4) is 0 Å². The summed E-state index contributed by atoms with van der Waals surface area (Å²) in [6.45, 7) is 2.98. The van der Waals surface area contributed by atoms with E-state index in [9.17, 15) is 0 Å². The zero-order valence-corrected chi connectivity index (χ0v) is 16.5. The molecule has 1 heterocycles. The van der Waals surface area contributed by atoms with Gasteiger partial charge in [-0.3, -0.25) is 4.68 Å². The molecule has 5 heteroatoms. The van der Waals surface area contributed by atoms with Crippen LogP contribution in [0, 0.1) is 6.92 Å². The van der Waals surface area contributed by atoms with Gasteiger partial charge in [0.05, 0.1) is 25.1 Å². The number of fused-ring (bicyclic) bond motifs is 1. The maximum Gasteiger partial charge on any atom is 0.130 e. The van der Waals surface area contributed by atoms with Crippen LogP contribution in [0.5, 0.6) is 11.5 Å². The van der Waals surface area contributed by atoms with Crippen LogP contribution in [-0.4, -0.2) is 29.3 Å². The van der Waals surface area contributed by atoms with Gasteiger partial charge in [-0.25, -0.2) is 0 Å². The molecule has 0 amide bonds. The third kappa shape index (κ3) is 3.66. The van der Waals surface area contributed by atoms with E-state index in [1.54, 1.807) is 14.2 Å². The van der Waals surface area contributed by atoms with Crippen molar-refractivity contribution in [3.8, 4) is 22.8 Å². The molecule has 0 spiro atoms. The predicted octanol–water partition coefficient (Wildman–Crippen LogP) is 5.20. The van der Waals surface area contributed by atoms with Crippen LogP contribution in [0.15, 0.2) is 36.4 Å². The summed E-state index contributed by atoms with van der Waals surface area (Å²) in [5.41, 5.74) is 4.31. The minimum atomic E-state index is 0.840. The smallest absolute Gasteiger partial charge is 0.130 e. The van der Waals surface area contributed by atoms with E-state index in [-0.39, 0.29) is 0 Å². The number of aromatic nitrogens is 2. The van der Waals surface area contributed by atoms with E-state index in [1.165, 1.54) is 5.56 Å². The summed E-state index contributed by atoms with van der Waals surface area (Å²) < 4.78 is 13.0. The monoisotopic (exact) mass is 402 g/mol. The van der Waals surface area contributed by atoms with Gasteiger partial charge in [0, 0.05) is 17.4 Å². The first-order valence-corrected chi connectivity index (χ1v) is 9.55. The van der Waals surface area contributed by atoms with Gasteiger partial charge < -0.3 is 9.47 Å².